The van der Waals surface area contributed by atoms with Crippen molar-refractivity contribution in [1.82, 2.24) is 9.88 Å². The number of fused-ring (bicyclic) bond motifs is 2. The molecule has 5 heteroatoms. The summed E-state index contributed by atoms with van der Waals surface area (Å²) in [5, 5.41) is 5.01. The van der Waals surface area contributed by atoms with Gasteiger partial charge in [0.15, 0.2) is 0 Å². The largest absolute Gasteiger partial charge is 0.361 e. The molecule has 2 N–H and O–H groups in total. The van der Waals surface area contributed by atoms with Gasteiger partial charge in [-0.15, -0.1) is 0 Å². The van der Waals surface area contributed by atoms with E-state index in [1.54, 1.807) is 6.92 Å². The van der Waals surface area contributed by atoms with Crippen molar-refractivity contribution in [3.63, 3.8) is 0 Å². The molecule has 0 saturated carbocycles. The Kier molecular flexibility index (Phi) is 5.30. The molecule has 1 aliphatic heterocycles. The highest BCUT2D eigenvalue weighted by atomic mass is 35.5. The van der Waals surface area contributed by atoms with Crippen molar-refractivity contribution in [3.8, 4) is 0 Å². The van der Waals surface area contributed by atoms with Gasteiger partial charge in [-0.25, -0.2) is 0 Å². The lowest BCUT2D eigenvalue weighted by atomic mass is 9.88. The molecule has 0 spiro atoms. The number of nitrogens with one attached hydrogen (secondary N) is 2. The highest BCUT2D eigenvalue weighted by molar-refractivity contribution is 6.31. The Bertz CT molecular complexity index is 1080. The summed E-state index contributed by atoms with van der Waals surface area (Å²) in [6.07, 6.45) is 6.87. The van der Waals surface area contributed by atoms with Crippen LogP contribution in [0.15, 0.2) is 42.6 Å². The van der Waals surface area contributed by atoms with Crippen LogP contribution in [-0.2, 0) is 17.6 Å². The van der Waals surface area contributed by atoms with Crippen molar-refractivity contribution in [1.29, 1.82) is 0 Å². The smallest absolute Gasteiger partial charge is 0.221 e. The molecule has 156 valence electrons. The van der Waals surface area contributed by atoms with Crippen molar-refractivity contribution < 1.29 is 4.79 Å². The summed E-state index contributed by atoms with van der Waals surface area (Å²) in [4.78, 5) is 17.4. The second-order valence-corrected chi connectivity index (χ2v) is 9.38. The maximum atomic E-state index is 11.3. The summed E-state index contributed by atoms with van der Waals surface area (Å²) in [5.74, 6) is 1.29. The number of amides is 1. The normalized spacial score (nSPS) is 19.9. The van der Waals surface area contributed by atoms with Gasteiger partial charge < -0.3 is 15.2 Å². The van der Waals surface area contributed by atoms with Gasteiger partial charge in [0, 0.05) is 41.3 Å². The van der Waals surface area contributed by atoms with Crippen molar-refractivity contribution in [2.45, 2.75) is 38.5 Å². The zero-order chi connectivity index (χ0) is 20.7. The first kappa shape index (κ1) is 19.7. The average Bonchev–Trinajstić information content (AvgIpc) is 3.31. The van der Waals surface area contributed by atoms with Gasteiger partial charge in [0.1, 0.15) is 0 Å². The maximum Gasteiger partial charge on any atom is 0.221 e. The van der Waals surface area contributed by atoms with E-state index in [4.69, 9.17) is 11.6 Å². The summed E-state index contributed by atoms with van der Waals surface area (Å²) in [6.45, 7) is 5.05. The number of hydrogen-bond donors (Lipinski definition) is 2. The monoisotopic (exact) mass is 421 g/mol. The van der Waals surface area contributed by atoms with Crippen LogP contribution in [0.2, 0.25) is 5.02 Å². The molecule has 2 aliphatic rings. The van der Waals surface area contributed by atoms with E-state index in [1.807, 2.05) is 18.2 Å². The molecule has 1 fully saturated rings. The van der Waals surface area contributed by atoms with Crippen LogP contribution in [-0.4, -0.2) is 35.4 Å². The minimum atomic E-state index is -0.00864. The molecular formula is C25H28ClN3O. The minimum absolute atomic E-state index is 0.00864. The number of piperidine rings is 1. The zero-order valence-corrected chi connectivity index (χ0v) is 18.1. The fourth-order valence-corrected chi connectivity index (χ4v) is 5.54. The maximum absolute atomic E-state index is 11.3. The third kappa shape index (κ3) is 3.99. The Morgan fingerprint density at radius 3 is 2.73 bits per heavy atom. The van der Waals surface area contributed by atoms with Crippen molar-refractivity contribution in [2.24, 2.45) is 5.92 Å². The second kappa shape index (κ2) is 8.09. The van der Waals surface area contributed by atoms with Crippen LogP contribution in [0.3, 0.4) is 0 Å². The molecule has 1 aromatic heterocycles. The van der Waals surface area contributed by atoms with E-state index in [0.29, 0.717) is 11.8 Å². The quantitative estimate of drug-likeness (QED) is 0.594. The predicted octanol–water partition coefficient (Wildman–Crippen LogP) is 5.37. The molecule has 0 bridgehead atoms. The van der Waals surface area contributed by atoms with Crippen molar-refractivity contribution >= 4 is 34.1 Å². The highest BCUT2D eigenvalue weighted by Crippen LogP contribution is 2.35. The molecule has 2 aromatic carbocycles. The molecule has 3 aromatic rings. The molecule has 1 atom stereocenters. The summed E-state index contributed by atoms with van der Waals surface area (Å²) >= 11 is 6.13. The fraction of sp³-hybridized carbons (Fsp3) is 0.400. The number of hydrogen-bond acceptors (Lipinski definition) is 2. The van der Waals surface area contributed by atoms with Crippen LogP contribution in [0.1, 0.15) is 42.4 Å². The number of anilines is 1. The van der Waals surface area contributed by atoms with E-state index < -0.39 is 0 Å². The number of rotatable bonds is 4. The van der Waals surface area contributed by atoms with Gasteiger partial charge in [-0.1, -0.05) is 23.7 Å². The Balaban J connectivity index is 1.18. The lowest BCUT2D eigenvalue weighted by Crippen LogP contribution is -2.36. The molecule has 30 heavy (non-hydrogen) atoms. The second-order valence-electron chi connectivity index (χ2n) is 8.95. The Morgan fingerprint density at radius 2 is 1.93 bits per heavy atom. The van der Waals surface area contributed by atoms with E-state index in [2.05, 4.69) is 39.6 Å². The van der Waals surface area contributed by atoms with Gasteiger partial charge in [-0.3, -0.25) is 4.79 Å². The van der Waals surface area contributed by atoms with E-state index in [0.717, 1.165) is 42.2 Å². The van der Waals surface area contributed by atoms with Crippen molar-refractivity contribution in [2.75, 3.05) is 25.0 Å². The minimum Gasteiger partial charge on any atom is -0.361 e. The molecule has 4 nitrogen and oxygen atoms in total. The number of likely N-dealkylation sites (tertiary alicyclic amines) is 1. The number of carbonyl (C=O) groups excluding carboxylic acids is 1. The number of benzene rings is 2. The highest BCUT2D eigenvalue weighted by Gasteiger charge is 2.27. The van der Waals surface area contributed by atoms with E-state index in [1.165, 1.54) is 41.5 Å². The molecule has 1 aliphatic carbocycles. The summed E-state index contributed by atoms with van der Waals surface area (Å²) in [7, 11) is 0. The number of carbonyl (C=O) groups is 1. The van der Waals surface area contributed by atoms with Gasteiger partial charge in [-0.05, 0) is 91.6 Å². The number of aromatic nitrogens is 1. The van der Waals surface area contributed by atoms with Gasteiger partial charge in [0.05, 0.1) is 0 Å². The van der Waals surface area contributed by atoms with E-state index in [-0.39, 0.29) is 5.91 Å². The summed E-state index contributed by atoms with van der Waals surface area (Å²) < 4.78 is 0. The number of nitrogens with zero attached hydrogens (tertiary/aromatic N) is 1. The van der Waals surface area contributed by atoms with Gasteiger partial charge >= 0.3 is 0 Å². The van der Waals surface area contributed by atoms with Gasteiger partial charge in [-0.2, -0.15) is 0 Å². The molecular weight excluding hydrogens is 394 g/mol. The lowest BCUT2D eigenvalue weighted by Gasteiger charge is -2.33. The first-order valence-corrected chi connectivity index (χ1v) is 11.3. The van der Waals surface area contributed by atoms with Crippen LogP contribution >= 0.6 is 11.6 Å². The van der Waals surface area contributed by atoms with E-state index in [9.17, 15) is 4.79 Å². The Hall–Kier alpha value is -2.30. The third-order valence-corrected chi connectivity index (χ3v) is 7.00. The van der Waals surface area contributed by atoms with Gasteiger partial charge in [0.2, 0.25) is 5.91 Å². The van der Waals surface area contributed by atoms with Crippen LogP contribution in [0.4, 0.5) is 5.69 Å². The zero-order valence-electron chi connectivity index (χ0n) is 17.4. The van der Waals surface area contributed by atoms with Crippen LogP contribution in [0, 0.1) is 5.92 Å². The van der Waals surface area contributed by atoms with Crippen LogP contribution in [0.25, 0.3) is 10.9 Å². The number of aromatic amines is 1. The Labute approximate surface area is 182 Å². The average molecular weight is 422 g/mol. The molecule has 1 unspecified atom stereocenters. The standard InChI is InChI=1S/C25H28ClN3O/c1-16(30)28-22-4-2-19-10-17(11-20(19)12-22)15-29-8-6-18(7-9-29)24-14-27-25-13-21(26)3-5-23(24)25/h2-5,12-14,17-18,27H,6-11,15H2,1H3,(H,28,30). The third-order valence-electron chi connectivity index (χ3n) is 6.76. The molecule has 2 heterocycles. The SMILES string of the molecule is CC(=O)Nc1ccc2c(c1)CC(CN1CCC(c3c[nH]c4cc(Cl)ccc34)CC1)C2. The molecule has 5 rings (SSSR count). The predicted molar refractivity (Wildman–Crippen MR) is 123 cm³/mol. The van der Waals surface area contributed by atoms with Crippen molar-refractivity contribution in [3.05, 3.63) is 64.3 Å². The van der Waals surface area contributed by atoms with E-state index >= 15 is 0 Å². The first-order valence-electron chi connectivity index (χ1n) is 10.9. The first-order chi connectivity index (χ1) is 14.5. The van der Waals surface area contributed by atoms with Gasteiger partial charge in [0.25, 0.3) is 0 Å². The molecule has 1 amide bonds. The number of halogens is 1. The summed E-state index contributed by atoms with van der Waals surface area (Å²) in [5.41, 5.74) is 6.35. The Morgan fingerprint density at radius 1 is 1.13 bits per heavy atom. The fourth-order valence-electron chi connectivity index (χ4n) is 5.37. The topological polar surface area (TPSA) is 48.1 Å². The summed E-state index contributed by atoms with van der Waals surface area (Å²) in [6, 6.07) is 12.5. The lowest BCUT2D eigenvalue weighted by molar-refractivity contribution is -0.114. The van der Waals surface area contributed by atoms with Crippen LogP contribution < -0.4 is 5.32 Å². The molecule has 0 radical (unpaired) electrons. The molecule has 1 saturated heterocycles. The number of H-pyrrole nitrogens is 1. The van der Waals surface area contributed by atoms with Crippen LogP contribution in [0.5, 0.6) is 0 Å².